The van der Waals surface area contributed by atoms with Crippen molar-refractivity contribution in [2.75, 3.05) is 0 Å². The van der Waals surface area contributed by atoms with Crippen LogP contribution in [0.4, 0.5) is 0 Å². The highest BCUT2D eigenvalue weighted by molar-refractivity contribution is 5.91. The van der Waals surface area contributed by atoms with Crippen LogP contribution in [0.25, 0.3) is 0 Å². The zero-order chi connectivity index (χ0) is 18.7. The van der Waals surface area contributed by atoms with Crippen molar-refractivity contribution >= 4 is 17.7 Å². The van der Waals surface area contributed by atoms with Crippen LogP contribution in [-0.2, 0) is 20.8 Å². The summed E-state index contributed by atoms with van der Waals surface area (Å²) in [5, 5.41) is 5.34. The molecule has 0 saturated carbocycles. The first kappa shape index (κ1) is 20.7. The van der Waals surface area contributed by atoms with Gasteiger partial charge in [-0.1, -0.05) is 62.9 Å². The molecule has 0 unspecified atom stereocenters. The Kier molecular flexibility index (Phi) is 9.29. The summed E-state index contributed by atoms with van der Waals surface area (Å²) in [6.45, 7) is 3.47. The zero-order valence-electron chi connectivity index (χ0n) is 15.1. The lowest BCUT2D eigenvalue weighted by atomic mass is 10.0. The molecule has 3 amide bonds. The van der Waals surface area contributed by atoms with Crippen LogP contribution in [0.5, 0.6) is 0 Å². The molecule has 0 aliphatic heterocycles. The van der Waals surface area contributed by atoms with E-state index >= 15 is 0 Å². The van der Waals surface area contributed by atoms with Gasteiger partial charge in [-0.3, -0.25) is 14.4 Å². The van der Waals surface area contributed by atoms with Crippen molar-refractivity contribution in [2.45, 2.75) is 64.5 Å². The van der Waals surface area contributed by atoms with Gasteiger partial charge in [0, 0.05) is 13.3 Å². The van der Waals surface area contributed by atoms with Gasteiger partial charge in [-0.05, 0) is 12.0 Å². The van der Waals surface area contributed by atoms with Crippen LogP contribution in [0.2, 0.25) is 0 Å². The number of amides is 3. The Morgan fingerprint density at radius 1 is 1.00 bits per heavy atom. The number of hydrogen-bond donors (Lipinski definition) is 3. The number of primary amides is 1. The maximum Gasteiger partial charge on any atom is 0.243 e. The lowest BCUT2D eigenvalue weighted by Gasteiger charge is -2.21. The average molecular weight is 347 g/mol. The van der Waals surface area contributed by atoms with E-state index in [1.807, 2.05) is 30.3 Å². The van der Waals surface area contributed by atoms with Crippen LogP contribution in [0, 0.1) is 0 Å². The van der Waals surface area contributed by atoms with Crippen molar-refractivity contribution in [3.63, 3.8) is 0 Å². The van der Waals surface area contributed by atoms with E-state index in [0.717, 1.165) is 31.2 Å². The summed E-state index contributed by atoms with van der Waals surface area (Å²) in [6.07, 6.45) is 4.87. The lowest BCUT2D eigenvalue weighted by molar-refractivity contribution is -0.130. The number of hydrogen-bond acceptors (Lipinski definition) is 3. The molecule has 0 spiro atoms. The molecule has 1 aromatic rings. The van der Waals surface area contributed by atoms with E-state index in [2.05, 4.69) is 17.6 Å². The highest BCUT2D eigenvalue weighted by Gasteiger charge is 2.24. The molecule has 0 radical (unpaired) electrons. The largest absolute Gasteiger partial charge is 0.368 e. The standard InChI is InChI=1S/C19H29N3O3/c1-3-4-5-9-12-16(18(20)24)22-19(25)17(21-14(2)23)13-15-10-7-6-8-11-15/h6-8,10-11,16-17H,3-5,9,12-13H2,1-2H3,(H2,20,24)(H,21,23)(H,22,25)/t16-,17-/m0/s1. The Morgan fingerprint density at radius 3 is 2.24 bits per heavy atom. The van der Waals surface area contributed by atoms with Crippen LogP contribution < -0.4 is 16.4 Å². The van der Waals surface area contributed by atoms with E-state index in [0.29, 0.717) is 12.8 Å². The topological polar surface area (TPSA) is 101 Å². The molecule has 1 rings (SSSR count). The third-order valence-corrected chi connectivity index (χ3v) is 3.98. The maximum absolute atomic E-state index is 12.6. The normalized spacial score (nSPS) is 12.9. The summed E-state index contributed by atoms with van der Waals surface area (Å²) < 4.78 is 0. The molecule has 1 aromatic carbocycles. The van der Waals surface area contributed by atoms with Crippen LogP contribution in [0.1, 0.15) is 51.5 Å². The van der Waals surface area contributed by atoms with Crippen molar-refractivity contribution in [3.8, 4) is 0 Å². The van der Waals surface area contributed by atoms with Crippen LogP contribution in [-0.4, -0.2) is 29.8 Å². The van der Waals surface area contributed by atoms with Crippen molar-refractivity contribution in [1.82, 2.24) is 10.6 Å². The third-order valence-electron chi connectivity index (χ3n) is 3.98. The van der Waals surface area contributed by atoms with E-state index in [9.17, 15) is 14.4 Å². The molecule has 138 valence electrons. The fourth-order valence-electron chi connectivity index (χ4n) is 2.64. The molecule has 0 aliphatic rings. The summed E-state index contributed by atoms with van der Waals surface area (Å²) in [7, 11) is 0. The number of nitrogens with one attached hydrogen (secondary N) is 2. The fraction of sp³-hybridized carbons (Fsp3) is 0.526. The van der Waals surface area contributed by atoms with Crippen molar-refractivity contribution in [1.29, 1.82) is 0 Å². The summed E-state index contributed by atoms with van der Waals surface area (Å²) in [5.41, 5.74) is 6.34. The van der Waals surface area contributed by atoms with Crippen molar-refractivity contribution in [2.24, 2.45) is 5.73 Å². The molecular formula is C19H29N3O3. The highest BCUT2D eigenvalue weighted by atomic mass is 16.2. The van der Waals surface area contributed by atoms with Gasteiger partial charge in [0.2, 0.25) is 17.7 Å². The van der Waals surface area contributed by atoms with Gasteiger partial charge in [-0.2, -0.15) is 0 Å². The molecule has 0 fully saturated rings. The Hall–Kier alpha value is -2.37. The van der Waals surface area contributed by atoms with Crippen molar-refractivity contribution < 1.29 is 14.4 Å². The molecule has 25 heavy (non-hydrogen) atoms. The Balaban J connectivity index is 2.70. The van der Waals surface area contributed by atoms with E-state index < -0.39 is 23.9 Å². The molecule has 0 heterocycles. The number of unbranched alkanes of at least 4 members (excludes halogenated alkanes) is 3. The van der Waals surface area contributed by atoms with Gasteiger partial charge < -0.3 is 16.4 Å². The molecule has 2 atom stereocenters. The zero-order valence-corrected chi connectivity index (χ0v) is 15.1. The average Bonchev–Trinajstić information content (AvgIpc) is 2.57. The molecule has 6 heteroatoms. The van der Waals surface area contributed by atoms with Gasteiger partial charge in [-0.15, -0.1) is 0 Å². The number of carbonyl (C=O) groups excluding carboxylic acids is 3. The first-order valence-corrected chi connectivity index (χ1v) is 8.84. The van der Waals surface area contributed by atoms with E-state index in [4.69, 9.17) is 5.73 Å². The highest BCUT2D eigenvalue weighted by Crippen LogP contribution is 2.08. The predicted molar refractivity (Wildman–Crippen MR) is 97.6 cm³/mol. The van der Waals surface area contributed by atoms with E-state index in [1.165, 1.54) is 6.92 Å². The monoisotopic (exact) mass is 347 g/mol. The Labute approximate surface area is 149 Å². The second kappa shape index (κ2) is 11.2. The minimum atomic E-state index is -0.739. The molecule has 0 saturated heterocycles. The Bertz CT molecular complexity index is 560. The Morgan fingerprint density at radius 2 is 1.68 bits per heavy atom. The molecule has 6 nitrogen and oxygen atoms in total. The van der Waals surface area contributed by atoms with Gasteiger partial charge >= 0.3 is 0 Å². The second-order valence-electron chi connectivity index (χ2n) is 6.26. The maximum atomic E-state index is 12.6. The molecule has 0 aromatic heterocycles. The summed E-state index contributed by atoms with van der Waals surface area (Å²) in [5.74, 6) is -1.24. The van der Waals surface area contributed by atoms with Gasteiger partial charge in [0.1, 0.15) is 12.1 Å². The number of rotatable bonds is 11. The number of nitrogens with two attached hydrogens (primary N) is 1. The summed E-state index contributed by atoms with van der Waals surface area (Å²) in [6, 6.07) is 7.96. The lowest BCUT2D eigenvalue weighted by Crippen LogP contribution is -2.53. The van der Waals surface area contributed by atoms with Gasteiger partial charge in [0.05, 0.1) is 0 Å². The van der Waals surface area contributed by atoms with Gasteiger partial charge in [0.15, 0.2) is 0 Å². The quantitative estimate of drug-likeness (QED) is 0.531. The summed E-state index contributed by atoms with van der Waals surface area (Å²) in [4.78, 5) is 35.6. The van der Waals surface area contributed by atoms with Crippen LogP contribution >= 0.6 is 0 Å². The van der Waals surface area contributed by atoms with Gasteiger partial charge in [0.25, 0.3) is 0 Å². The smallest absolute Gasteiger partial charge is 0.243 e. The van der Waals surface area contributed by atoms with Crippen molar-refractivity contribution in [3.05, 3.63) is 35.9 Å². The fourth-order valence-corrected chi connectivity index (χ4v) is 2.64. The third kappa shape index (κ3) is 8.33. The SMILES string of the molecule is CCCCCC[C@H](NC(=O)[C@H](Cc1ccccc1)NC(C)=O)C(N)=O. The minimum absolute atomic E-state index is 0.297. The van der Waals surface area contributed by atoms with Crippen LogP contribution in [0.15, 0.2) is 30.3 Å². The van der Waals surface area contributed by atoms with Crippen LogP contribution in [0.3, 0.4) is 0 Å². The predicted octanol–water partition coefficient (Wildman–Crippen LogP) is 1.67. The number of benzene rings is 1. The van der Waals surface area contributed by atoms with E-state index in [1.54, 1.807) is 0 Å². The molecule has 0 bridgehead atoms. The second-order valence-corrected chi connectivity index (χ2v) is 6.26. The molecular weight excluding hydrogens is 318 g/mol. The first-order valence-electron chi connectivity index (χ1n) is 8.84. The summed E-state index contributed by atoms with van der Waals surface area (Å²) >= 11 is 0. The minimum Gasteiger partial charge on any atom is -0.368 e. The molecule has 4 N–H and O–H groups in total. The van der Waals surface area contributed by atoms with Gasteiger partial charge in [-0.25, -0.2) is 0 Å². The first-order chi connectivity index (χ1) is 11.9. The van der Waals surface area contributed by atoms with E-state index in [-0.39, 0.29) is 5.91 Å². The molecule has 0 aliphatic carbocycles. The number of carbonyl (C=O) groups is 3.